The maximum absolute atomic E-state index is 11.4. The van der Waals surface area contributed by atoms with Crippen molar-refractivity contribution in [2.24, 2.45) is 17.4 Å². The smallest absolute Gasteiger partial charge is 0.255 e. The number of nitrogens with one attached hydrogen (secondary N) is 1. The Kier molecular flexibility index (Phi) is 4.30. The van der Waals surface area contributed by atoms with Gasteiger partial charge in [0, 0.05) is 16.8 Å². The summed E-state index contributed by atoms with van der Waals surface area (Å²) in [6.45, 7) is 0. The summed E-state index contributed by atoms with van der Waals surface area (Å²) in [6, 6.07) is 3.44. The third-order valence-electron chi connectivity index (χ3n) is 4.01. The fraction of sp³-hybridized carbons (Fsp3) is 0.176. The van der Waals surface area contributed by atoms with E-state index in [0.717, 1.165) is 24.0 Å². The molecule has 0 spiro atoms. The maximum atomic E-state index is 11.4. The summed E-state index contributed by atoms with van der Waals surface area (Å²) in [5.41, 5.74) is 25.9. The molecule has 1 aliphatic carbocycles. The van der Waals surface area contributed by atoms with Crippen molar-refractivity contribution in [1.29, 1.82) is 0 Å². The third-order valence-corrected chi connectivity index (χ3v) is 4.32. The standard InChI is InChI=1S/C17H17ClN6O/c18-12-6-10(11(7-19)8-1-2-8)13(20)5-9(12)3-4-14-15(17(22)25)16(21)24-23-14/h5-8H,1-2,19-20H2,(H2,22,25)(H3,21,23,24)/b11-7-. The molecule has 1 saturated carbocycles. The number of carbonyl (C=O) groups excluding carboxylic acids is 1. The van der Waals surface area contributed by atoms with E-state index in [1.807, 2.05) is 0 Å². The van der Waals surface area contributed by atoms with Crippen LogP contribution >= 0.6 is 11.6 Å². The first-order valence-corrected chi connectivity index (χ1v) is 7.97. The van der Waals surface area contributed by atoms with Crippen LogP contribution in [0.15, 0.2) is 18.3 Å². The number of hydrogen-bond acceptors (Lipinski definition) is 5. The van der Waals surface area contributed by atoms with Crippen LogP contribution in [0.25, 0.3) is 5.57 Å². The van der Waals surface area contributed by atoms with Gasteiger partial charge in [-0.2, -0.15) is 5.10 Å². The minimum absolute atomic E-state index is 0.0000769. The molecule has 2 aromatic rings. The van der Waals surface area contributed by atoms with Gasteiger partial charge in [-0.1, -0.05) is 17.5 Å². The Bertz CT molecular complexity index is 946. The Hall–Kier alpha value is -3.11. The van der Waals surface area contributed by atoms with Crippen LogP contribution in [-0.4, -0.2) is 16.1 Å². The van der Waals surface area contributed by atoms with Crippen molar-refractivity contribution in [3.05, 3.63) is 45.7 Å². The van der Waals surface area contributed by atoms with Gasteiger partial charge in [0.15, 0.2) is 5.82 Å². The number of benzene rings is 1. The number of halogens is 1. The van der Waals surface area contributed by atoms with E-state index in [0.29, 0.717) is 22.2 Å². The quantitative estimate of drug-likeness (QED) is 0.416. The van der Waals surface area contributed by atoms with Crippen molar-refractivity contribution in [2.75, 3.05) is 11.5 Å². The molecule has 0 unspecified atom stereocenters. The van der Waals surface area contributed by atoms with Gasteiger partial charge in [-0.3, -0.25) is 9.89 Å². The zero-order valence-electron chi connectivity index (χ0n) is 13.3. The molecule has 0 aliphatic heterocycles. The summed E-state index contributed by atoms with van der Waals surface area (Å²) in [7, 11) is 0. The van der Waals surface area contributed by atoms with E-state index < -0.39 is 5.91 Å². The molecular weight excluding hydrogens is 340 g/mol. The van der Waals surface area contributed by atoms with Crippen LogP contribution in [0.2, 0.25) is 5.02 Å². The summed E-state index contributed by atoms with van der Waals surface area (Å²) < 4.78 is 0. The average molecular weight is 357 g/mol. The van der Waals surface area contributed by atoms with Crippen LogP contribution in [0.5, 0.6) is 0 Å². The lowest BCUT2D eigenvalue weighted by molar-refractivity contribution is 0.100. The van der Waals surface area contributed by atoms with E-state index in [4.69, 9.17) is 34.5 Å². The Balaban J connectivity index is 1.98. The first-order chi connectivity index (χ1) is 11.9. The number of anilines is 2. The summed E-state index contributed by atoms with van der Waals surface area (Å²) in [6.07, 6.45) is 3.77. The second-order valence-electron chi connectivity index (χ2n) is 5.79. The fourth-order valence-corrected chi connectivity index (χ4v) is 2.81. The number of aromatic nitrogens is 2. The van der Waals surface area contributed by atoms with Gasteiger partial charge in [0.05, 0.1) is 5.02 Å². The predicted molar refractivity (Wildman–Crippen MR) is 98.3 cm³/mol. The summed E-state index contributed by atoms with van der Waals surface area (Å²) in [5.74, 6) is 5.36. The summed E-state index contributed by atoms with van der Waals surface area (Å²) >= 11 is 6.33. The van der Waals surface area contributed by atoms with Crippen LogP contribution in [0.1, 0.15) is 40.0 Å². The molecule has 8 heteroatoms. The Morgan fingerprint density at radius 3 is 2.64 bits per heavy atom. The van der Waals surface area contributed by atoms with Gasteiger partial charge in [-0.25, -0.2) is 0 Å². The van der Waals surface area contributed by atoms with E-state index in [2.05, 4.69) is 22.0 Å². The molecule has 0 saturated heterocycles. The van der Waals surface area contributed by atoms with E-state index in [1.165, 1.54) is 0 Å². The highest BCUT2D eigenvalue weighted by Gasteiger charge is 2.28. The Morgan fingerprint density at radius 2 is 2.04 bits per heavy atom. The van der Waals surface area contributed by atoms with E-state index in [-0.39, 0.29) is 17.1 Å². The number of nitrogen functional groups attached to an aromatic ring is 2. The molecule has 1 aliphatic rings. The number of nitrogens with two attached hydrogens (primary N) is 4. The zero-order valence-corrected chi connectivity index (χ0v) is 14.0. The Labute approximate surface area is 149 Å². The number of rotatable bonds is 3. The van der Waals surface area contributed by atoms with Crippen LogP contribution < -0.4 is 22.9 Å². The number of nitrogens with zero attached hydrogens (tertiary/aromatic N) is 1. The van der Waals surface area contributed by atoms with Gasteiger partial charge in [-0.15, -0.1) is 0 Å². The van der Waals surface area contributed by atoms with Crippen molar-refractivity contribution in [3.8, 4) is 11.8 Å². The molecule has 3 rings (SSSR count). The number of hydrogen-bond donors (Lipinski definition) is 5. The number of primary amides is 1. The SMILES string of the molecule is N/C=C(\c1cc(Cl)c(C#Cc2[nH]nc(N)c2C(N)=O)cc1N)C1CC1. The minimum atomic E-state index is -0.710. The molecular formula is C17H17ClN6O. The molecule has 9 N–H and O–H groups in total. The minimum Gasteiger partial charge on any atom is -0.404 e. The van der Waals surface area contributed by atoms with Crippen LogP contribution in [-0.2, 0) is 0 Å². The van der Waals surface area contributed by atoms with Crippen molar-refractivity contribution in [2.45, 2.75) is 12.8 Å². The third kappa shape index (κ3) is 3.25. The number of allylic oxidation sites excluding steroid dienone is 1. The van der Waals surface area contributed by atoms with Crippen molar-refractivity contribution < 1.29 is 4.79 Å². The second kappa shape index (κ2) is 6.42. The van der Waals surface area contributed by atoms with Crippen LogP contribution in [0, 0.1) is 17.8 Å². The Morgan fingerprint density at radius 1 is 1.32 bits per heavy atom. The van der Waals surface area contributed by atoms with Crippen LogP contribution in [0.4, 0.5) is 11.5 Å². The molecule has 1 heterocycles. The summed E-state index contributed by atoms with van der Waals surface area (Å²) in [4.78, 5) is 11.4. The molecule has 25 heavy (non-hydrogen) atoms. The fourth-order valence-electron chi connectivity index (χ4n) is 2.60. The molecule has 1 fully saturated rings. The number of H-pyrrole nitrogens is 1. The topological polar surface area (TPSA) is 150 Å². The van der Waals surface area contributed by atoms with Crippen molar-refractivity contribution in [3.63, 3.8) is 0 Å². The highest BCUT2D eigenvalue weighted by molar-refractivity contribution is 6.32. The molecule has 7 nitrogen and oxygen atoms in total. The molecule has 1 aromatic carbocycles. The van der Waals surface area contributed by atoms with Gasteiger partial charge in [0.1, 0.15) is 11.3 Å². The number of amides is 1. The van der Waals surface area contributed by atoms with Crippen molar-refractivity contribution in [1.82, 2.24) is 10.2 Å². The monoisotopic (exact) mass is 356 g/mol. The lowest BCUT2D eigenvalue weighted by Crippen LogP contribution is -2.13. The molecule has 1 aromatic heterocycles. The van der Waals surface area contributed by atoms with E-state index in [9.17, 15) is 4.79 Å². The van der Waals surface area contributed by atoms with Crippen molar-refractivity contribution >= 4 is 34.6 Å². The number of aromatic amines is 1. The molecule has 0 radical (unpaired) electrons. The molecule has 128 valence electrons. The van der Waals surface area contributed by atoms with Gasteiger partial charge in [-0.05, 0) is 48.6 Å². The van der Waals surface area contributed by atoms with Gasteiger partial charge < -0.3 is 22.9 Å². The second-order valence-corrected chi connectivity index (χ2v) is 6.20. The average Bonchev–Trinajstić information content (AvgIpc) is 3.32. The van der Waals surface area contributed by atoms with E-state index >= 15 is 0 Å². The normalized spacial score (nSPS) is 14.0. The van der Waals surface area contributed by atoms with Gasteiger partial charge >= 0.3 is 0 Å². The van der Waals surface area contributed by atoms with Gasteiger partial charge in [0.2, 0.25) is 0 Å². The number of carbonyl (C=O) groups is 1. The first kappa shape index (κ1) is 16.7. The molecule has 0 atom stereocenters. The van der Waals surface area contributed by atoms with Gasteiger partial charge in [0.25, 0.3) is 5.91 Å². The predicted octanol–water partition coefficient (Wildman–Crippen LogP) is 1.44. The largest absolute Gasteiger partial charge is 0.404 e. The highest BCUT2D eigenvalue weighted by Crippen LogP contribution is 2.43. The lowest BCUT2D eigenvalue weighted by atomic mass is 9.99. The maximum Gasteiger partial charge on any atom is 0.255 e. The molecule has 0 bridgehead atoms. The van der Waals surface area contributed by atoms with E-state index in [1.54, 1.807) is 18.3 Å². The summed E-state index contributed by atoms with van der Waals surface area (Å²) in [5, 5.41) is 6.74. The zero-order chi connectivity index (χ0) is 18.1. The first-order valence-electron chi connectivity index (χ1n) is 7.59. The van der Waals surface area contributed by atoms with Crippen LogP contribution in [0.3, 0.4) is 0 Å². The highest BCUT2D eigenvalue weighted by atomic mass is 35.5. The lowest BCUT2D eigenvalue weighted by Gasteiger charge is -2.11. The molecule has 1 amide bonds.